The molecular formula is C12H13N4O3S+. The van der Waals surface area contributed by atoms with E-state index in [1.54, 1.807) is 17.0 Å². The van der Waals surface area contributed by atoms with E-state index in [9.17, 15) is 9.59 Å². The van der Waals surface area contributed by atoms with Crippen LogP contribution in [0.25, 0.3) is 10.6 Å². The molecule has 0 unspecified atom stereocenters. The lowest BCUT2D eigenvalue weighted by Crippen LogP contribution is -2.43. The van der Waals surface area contributed by atoms with Crippen LogP contribution in [0.4, 0.5) is 0 Å². The minimum atomic E-state index is -0.477. The molecular weight excluding hydrogens is 280 g/mol. The zero-order valence-corrected chi connectivity index (χ0v) is 11.6. The molecule has 0 bridgehead atoms. The van der Waals surface area contributed by atoms with Gasteiger partial charge >= 0.3 is 5.97 Å². The summed E-state index contributed by atoms with van der Waals surface area (Å²) in [6.45, 7) is 0.00611. The van der Waals surface area contributed by atoms with Crippen molar-refractivity contribution in [2.45, 2.75) is 6.54 Å². The first-order valence-electron chi connectivity index (χ1n) is 5.78. The number of rotatable bonds is 5. The monoisotopic (exact) mass is 293 g/mol. The Morgan fingerprint density at radius 2 is 2.15 bits per heavy atom. The zero-order valence-electron chi connectivity index (χ0n) is 10.8. The van der Waals surface area contributed by atoms with Gasteiger partial charge in [0.2, 0.25) is 6.54 Å². The molecule has 2 aromatic rings. The Morgan fingerprint density at radius 3 is 2.75 bits per heavy atom. The van der Waals surface area contributed by atoms with Crippen molar-refractivity contribution in [1.82, 2.24) is 14.7 Å². The predicted octanol–water partition coefficient (Wildman–Crippen LogP) is -0.218. The van der Waals surface area contributed by atoms with Gasteiger partial charge in [0, 0.05) is 17.7 Å². The van der Waals surface area contributed by atoms with E-state index in [0.29, 0.717) is 0 Å². The maximum atomic E-state index is 11.6. The lowest BCUT2D eigenvalue weighted by atomic mass is 10.3. The smallest absolute Gasteiger partial charge is 0.325 e. The van der Waals surface area contributed by atoms with Gasteiger partial charge in [-0.1, -0.05) is 0 Å². The standard InChI is InChI=1S/C12H12N4O3S/c1-19-11(18)6-13-10(17)7-16-4-2-9(3-5-16)12-14-8-15-20-12/h2-5,8H,6-7H2,1H3/p+1. The highest BCUT2D eigenvalue weighted by Crippen LogP contribution is 2.17. The molecule has 7 nitrogen and oxygen atoms in total. The van der Waals surface area contributed by atoms with Crippen LogP contribution >= 0.6 is 11.5 Å². The molecule has 0 aromatic carbocycles. The van der Waals surface area contributed by atoms with E-state index in [4.69, 9.17) is 0 Å². The molecule has 0 spiro atoms. The number of esters is 1. The first kappa shape index (κ1) is 14.1. The Balaban J connectivity index is 1.90. The third kappa shape index (κ3) is 3.82. The normalized spacial score (nSPS) is 10.1. The SMILES string of the molecule is COC(=O)CNC(=O)C[n+]1ccc(-c2ncns2)cc1. The molecule has 1 N–H and O–H groups in total. The van der Waals surface area contributed by atoms with E-state index in [0.717, 1.165) is 10.6 Å². The van der Waals surface area contributed by atoms with Crippen molar-refractivity contribution in [2.75, 3.05) is 13.7 Å². The topological polar surface area (TPSA) is 85.1 Å². The van der Waals surface area contributed by atoms with Crippen molar-refractivity contribution in [2.24, 2.45) is 0 Å². The van der Waals surface area contributed by atoms with Crippen molar-refractivity contribution >= 4 is 23.4 Å². The number of aromatic nitrogens is 3. The van der Waals surface area contributed by atoms with Crippen LogP contribution < -0.4 is 9.88 Å². The van der Waals surface area contributed by atoms with Crippen LogP contribution in [-0.4, -0.2) is 34.9 Å². The van der Waals surface area contributed by atoms with Crippen LogP contribution in [-0.2, 0) is 20.9 Å². The van der Waals surface area contributed by atoms with Gasteiger partial charge in [0.15, 0.2) is 12.4 Å². The van der Waals surface area contributed by atoms with E-state index in [1.165, 1.54) is 25.0 Å². The molecule has 1 amide bonds. The number of carbonyl (C=O) groups is 2. The van der Waals surface area contributed by atoms with Gasteiger partial charge in [-0.3, -0.25) is 9.59 Å². The van der Waals surface area contributed by atoms with Crippen molar-refractivity contribution in [1.29, 1.82) is 0 Å². The van der Waals surface area contributed by atoms with Gasteiger partial charge in [0.05, 0.1) is 7.11 Å². The number of hydrogen-bond donors (Lipinski definition) is 1. The summed E-state index contributed by atoms with van der Waals surface area (Å²) in [6.07, 6.45) is 5.05. The first-order chi connectivity index (χ1) is 9.69. The maximum absolute atomic E-state index is 11.6. The number of amides is 1. The molecule has 0 fully saturated rings. The van der Waals surface area contributed by atoms with E-state index >= 15 is 0 Å². The van der Waals surface area contributed by atoms with Crippen molar-refractivity contribution in [3.8, 4) is 10.6 Å². The van der Waals surface area contributed by atoms with Gasteiger partial charge in [-0.05, 0) is 11.5 Å². The summed E-state index contributed by atoms with van der Waals surface area (Å²) in [5.41, 5.74) is 0.943. The second kappa shape index (κ2) is 6.71. The largest absolute Gasteiger partial charge is 0.468 e. The van der Waals surface area contributed by atoms with E-state index in [-0.39, 0.29) is 19.0 Å². The van der Waals surface area contributed by atoms with Crippen molar-refractivity contribution in [3.63, 3.8) is 0 Å². The second-order valence-electron chi connectivity index (χ2n) is 3.86. The fourth-order valence-corrected chi connectivity index (χ4v) is 2.00. The maximum Gasteiger partial charge on any atom is 0.325 e. The van der Waals surface area contributed by atoms with Gasteiger partial charge in [-0.25, -0.2) is 4.98 Å². The molecule has 0 aliphatic carbocycles. The number of hydrogen-bond acceptors (Lipinski definition) is 6. The molecule has 2 rings (SSSR count). The molecule has 2 heterocycles. The van der Waals surface area contributed by atoms with Gasteiger partial charge in [0.25, 0.3) is 5.91 Å². The van der Waals surface area contributed by atoms with E-state index < -0.39 is 5.97 Å². The average Bonchev–Trinajstić information content (AvgIpc) is 2.99. The summed E-state index contributed by atoms with van der Waals surface area (Å²) in [4.78, 5) is 26.6. The number of pyridine rings is 1. The van der Waals surface area contributed by atoms with Crippen LogP contribution in [0.2, 0.25) is 0 Å². The quantitative estimate of drug-likeness (QED) is 0.608. The first-order valence-corrected chi connectivity index (χ1v) is 6.56. The van der Waals surface area contributed by atoms with Crippen molar-refractivity contribution in [3.05, 3.63) is 30.9 Å². The van der Waals surface area contributed by atoms with Crippen LogP contribution in [0, 0.1) is 0 Å². The number of nitrogens with zero attached hydrogens (tertiary/aromatic N) is 3. The fourth-order valence-electron chi connectivity index (χ4n) is 1.47. The Kier molecular flexibility index (Phi) is 4.72. The van der Waals surface area contributed by atoms with Crippen LogP contribution in [0.1, 0.15) is 0 Å². The lowest BCUT2D eigenvalue weighted by Gasteiger charge is -2.01. The third-order valence-electron chi connectivity index (χ3n) is 2.48. The second-order valence-corrected chi connectivity index (χ2v) is 4.64. The Bertz CT molecular complexity index is 583. The predicted molar refractivity (Wildman–Crippen MR) is 70.6 cm³/mol. The average molecular weight is 293 g/mol. The summed E-state index contributed by atoms with van der Waals surface area (Å²) in [5, 5.41) is 3.30. The van der Waals surface area contributed by atoms with Gasteiger partial charge in [-0.2, -0.15) is 8.94 Å². The Morgan fingerprint density at radius 1 is 1.40 bits per heavy atom. The number of nitrogens with one attached hydrogen (secondary N) is 1. The highest BCUT2D eigenvalue weighted by atomic mass is 32.1. The van der Waals surface area contributed by atoms with Gasteiger partial charge < -0.3 is 10.1 Å². The van der Waals surface area contributed by atoms with E-state index in [1.807, 2.05) is 12.1 Å². The van der Waals surface area contributed by atoms with Gasteiger partial charge in [-0.15, -0.1) is 0 Å². The number of ether oxygens (including phenoxy) is 1. The van der Waals surface area contributed by atoms with E-state index in [2.05, 4.69) is 19.4 Å². The Labute approximate surface area is 119 Å². The molecule has 20 heavy (non-hydrogen) atoms. The zero-order chi connectivity index (χ0) is 14.4. The minimum Gasteiger partial charge on any atom is -0.468 e. The highest BCUT2D eigenvalue weighted by Gasteiger charge is 2.11. The molecule has 0 radical (unpaired) electrons. The molecule has 8 heteroatoms. The Hall–Kier alpha value is -2.35. The number of carbonyl (C=O) groups excluding carboxylic acids is 2. The van der Waals surface area contributed by atoms with Crippen LogP contribution in [0.5, 0.6) is 0 Å². The van der Waals surface area contributed by atoms with Gasteiger partial charge in [0.1, 0.15) is 17.9 Å². The molecule has 0 saturated carbocycles. The lowest BCUT2D eigenvalue weighted by molar-refractivity contribution is -0.684. The molecule has 0 saturated heterocycles. The highest BCUT2D eigenvalue weighted by molar-refractivity contribution is 7.09. The molecule has 0 aliphatic heterocycles. The summed E-state index contributed by atoms with van der Waals surface area (Å²) < 4.78 is 10.1. The summed E-state index contributed by atoms with van der Waals surface area (Å²) in [6, 6.07) is 3.71. The molecule has 0 atom stereocenters. The summed E-state index contributed by atoms with van der Waals surface area (Å²) >= 11 is 1.31. The summed E-state index contributed by atoms with van der Waals surface area (Å²) in [5.74, 6) is -0.737. The summed E-state index contributed by atoms with van der Waals surface area (Å²) in [7, 11) is 1.27. The molecule has 104 valence electrons. The van der Waals surface area contributed by atoms with Crippen molar-refractivity contribution < 1.29 is 18.9 Å². The molecule has 2 aromatic heterocycles. The van der Waals surface area contributed by atoms with Crippen LogP contribution in [0.3, 0.4) is 0 Å². The fraction of sp³-hybridized carbons (Fsp3) is 0.250. The van der Waals surface area contributed by atoms with Crippen LogP contribution in [0.15, 0.2) is 30.9 Å². The minimum absolute atomic E-state index is 0.126. The number of methoxy groups -OCH3 is 1. The third-order valence-corrected chi connectivity index (χ3v) is 3.20. The molecule has 0 aliphatic rings.